The molecule has 20 heavy (non-hydrogen) atoms. The summed E-state index contributed by atoms with van der Waals surface area (Å²) in [5, 5.41) is 12.3. The van der Waals surface area contributed by atoms with E-state index in [1.54, 1.807) is 18.2 Å². The molecule has 0 bridgehead atoms. The Hall–Kier alpha value is -2.32. The zero-order chi connectivity index (χ0) is 13.9. The Bertz CT molecular complexity index is 897. The van der Waals surface area contributed by atoms with Gasteiger partial charge in [-0.05, 0) is 17.0 Å². The molecule has 0 aromatic heterocycles. The minimum atomic E-state index is -0.0135. The van der Waals surface area contributed by atoms with Crippen LogP contribution in [0.25, 0.3) is 21.9 Å². The second kappa shape index (κ2) is 3.84. The van der Waals surface area contributed by atoms with E-state index < -0.39 is 0 Å². The van der Waals surface area contributed by atoms with Crippen LogP contribution in [0.4, 0.5) is 0 Å². The SMILES string of the molecule is O=C1c2ccccc2-c2c(O)c(Cl)cc3cccc1c23. The standard InChI is InChI=1S/C17H9ClO2/c18-13-8-9-4-3-7-12-14(9)15(17(13)20)10-5-1-2-6-11(10)16(12)19/h1-8,20H. The Morgan fingerprint density at radius 1 is 0.900 bits per heavy atom. The summed E-state index contributed by atoms with van der Waals surface area (Å²) in [4.78, 5) is 12.6. The number of hydrogen-bond donors (Lipinski definition) is 1. The minimum absolute atomic E-state index is 0.0135. The van der Waals surface area contributed by atoms with Crippen molar-refractivity contribution in [3.8, 4) is 16.9 Å². The fourth-order valence-corrected chi connectivity index (χ4v) is 3.12. The third-order valence-electron chi connectivity index (χ3n) is 3.78. The molecule has 1 aliphatic carbocycles. The molecular formula is C17H9ClO2. The number of hydrogen-bond acceptors (Lipinski definition) is 2. The maximum absolute atomic E-state index is 12.6. The van der Waals surface area contributed by atoms with Crippen LogP contribution in [-0.4, -0.2) is 10.9 Å². The fraction of sp³-hybridized carbons (Fsp3) is 0. The molecule has 3 aromatic carbocycles. The molecule has 0 spiro atoms. The van der Waals surface area contributed by atoms with Gasteiger partial charge in [0.05, 0.1) is 5.02 Å². The van der Waals surface area contributed by atoms with Gasteiger partial charge < -0.3 is 5.11 Å². The molecule has 0 heterocycles. The van der Waals surface area contributed by atoms with Crippen molar-refractivity contribution in [3.05, 3.63) is 64.7 Å². The van der Waals surface area contributed by atoms with Crippen LogP contribution in [0.5, 0.6) is 5.75 Å². The van der Waals surface area contributed by atoms with Gasteiger partial charge in [0.25, 0.3) is 0 Å². The molecule has 0 saturated heterocycles. The van der Waals surface area contributed by atoms with E-state index in [0.29, 0.717) is 21.7 Å². The first kappa shape index (κ1) is 11.5. The highest BCUT2D eigenvalue weighted by Crippen LogP contribution is 2.47. The monoisotopic (exact) mass is 280 g/mol. The van der Waals surface area contributed by atoms with Gasteiger partial charge in [0.15, 0.2) is 5.78 Å². The first-order chi connectivity index (χ1) is 9.68. The highest BCUT2D eigenvalue weighted by molar-refractivity contribution is 6.35. The Morgan fingerprint density at radius 3 is 2.40 bits per heavy atom. The van der Waals surface area contributed by atoms with Crippen LogP contribution >= 0.6 is 11.6 Å². The smallest absolute Gasteiger partial charge is 0.194 e. The lowest BCUT2D eigenvalue weighted by molar-refractivity contribution is 0.104. The number of phenols is 1. The molecule has 0 fully saturated rings. The largest absolute Gasteiger partial charge is 0.506 e. The number of phenolic OH excluding ortho intramolecular Hbond substituents is 1. The van der Waals surface area contributed by atoms with Gasteiger partial charge in [-0.3, -0.25) is 4.79 Å². The van der Waals surface area contributed by atoms with E-state index >= 15 is 0 Å². The van der Waals surface area contributed by atoms with E-state index in [-0.39, 0.29) is 11.5 Å². The zero-order valence-electron chi connectivity index (χ0n) is 10.4. The summed E-state index contributed by atoms with van der Waals surface area (Å²) in [6.07, 6.45) is 0. The van der Waals surface area contributed by atoms with Gasteiger partial charge >= 0.3 is 0 Å². The lowest BCUT2D eigenvalue weighted by Crippen LogP contribution is -2.09. The lowest BCUT2D eigenvalue weighted by atomic mass is 9.82. The topological polar surface area (TPSA) is 37.3 Å². The summed E-state index contributed by atoms with van der Waals surface area (Å²) in [5.41, 5.74) is 2.60. The molecule has 0 atom stereocenters. The van der Waals surface area contributed by atoms with E-state index in [0.717, 1.165) is 16.3 Å². The molecule has 0 aliphatic heterocycles. The maximum atomic E-state index is 12.6. The van der Waals surface area contributed by atoms with Crippen LogP contribution in [0.15, 0.2) is 48.5 Å². The van der Waals surface area contributed by atoms with Crippen LogP contribution < -0.4 is 0 Å². The van der Waals surface area contributed by atoms with Gasteiger partial charge in [-0.15, -0.1) is 0 Å². The highest BCUT2D eigenvalue weighted by Gasteiger charge is 2.27. The van der Waals surface area contributed by atoms with Gasteiger partial charge in [-0.2, -0.15) is 0 Å². The van der Waals surface area contributed by atoms with Crippen LogP contribution in [0, 0.1) is 0 Å². The highest BCUT2D eigenvalue weighted by atomic mass is 35.5. The third-order valence-corrected chi connectivity index (χ3v) is 4.07. The lowest BCUT2D eigenvalue weighted by Gasteiger charge is -2.21. The molecule has 1 N–H and O–H groups in total. The third kappa shape index (κ3) is 1.32. The molecule has 3 heteroatoms. The minimum Gasteiger partial charge on any atom is -0.506 e. The number of aromatic hydroxyl groups is 1. The van der Waals surface area contributed by atoms with Crippen LogP contribution in [-0.2, 0) is 0 Å². The molecule has 1 aliphatic rings. The maximum Gasteiger partial charge on any atom is 0.194 e. The Labute approximate surface area is 120 Å². The fourth-order valence-electron chi connectivity index (χ4n) is 2.91. The van der Waals surface area contributed by atoms with E-state index in [1.807, 2.05) is 30.3 Å². The molecular weight excluding hydrogens is 272 g/mol. The molecule has 96 valence electrons. The zero-order valence-corrected chi connectivity index (χ0v) is 11.1. The van der Waals surface area contributed by atoms with E-state index in [9.17, 15) is 9.90 Å². The summed E-state index contributed by atoms with van der Waals surface area (Å²) in [6.45, 7) is 0. The van der Waals surface area contributed by atoms with Crippen LogP contribution in [0.1, 0.15) is 15.9 Å². The van der Waals surface area contributed by atoms with Crippen molar-refractivity contribution >= 4 is 28.2 Å². The summed E-state index contributed by atoms with van der Waals surface area (Å²) in [6, 6.07) is 14.5. The normalized spacial score (nSPS) is 12.6. The number of ketones is 1. The number of rotatable bonds is 0. The number of carbonyl (C=O) groups excluding carboxylic acids is 1. The molecule has 0 amide bonds. The quantitative estimate of drug-likeness (QED) is 0.518. The van der Waals surface area contributed by atoms with Crippen molar-refractivity contribution in [2.45, 2.75) is 0 Å². The van der Waals surface area contributed by atoms with Crippen molar-refractivity contribution in [1.29, 1.82) is 0 Å². The van der Waals surface area contributed by atoms with Crippen molar-refractivity contribution in [1.82, 2.24) is 0 Å². The van der Waals surface area contributed by atoms with Crippen LogP contribution in [0.3, 0.4) is 0 Å². The summed E-state index contributed by atoms with van der Waals surface area (Å²) in [7, 11) is 0. The summed E-state index contributed by atoms with van der Waals surface area (Å²) < 4.78 is 0. The van der Waals surface area contributed by atoms with Crippen molar-refractivity contribution in [2.24, 2.45) is 0 Å². The van der Waals surface area contributed by atoms with Gasteiger partial charge in [0, 0.05) is 22.1 Å². The number of benzene rings is 3. The Kier molecular flexibility index (Phi) is 2.21. The first-order valence-electron chi connectivity index (χ1n) is 6.27. The molecule has 4 rings (SSSR count). The van der Waals surface area contributed by atoms with Crippen LogP contribution in [0.2, 0.25) is 5.02 Å². The average Bonchev–Trinajstić information content (AvgIpc) is 2.47. The van der Waals surface area contributed by atoms with E-state index in [1.165, 1.54) is 0 Å². The van der Waals surface area contributed by atoms with Gasteiger partial charge in [0.2, 0.25) is 0 Å². The predicted octanol–water partition coefficient (Wildman–Crippen LogP) is 4.41. The van der Waals surface area contributed by atoms with Gasteiger partial charge in [0.1, 0.15) is 5.75 Å². The van der Waals surface area contributed by atoms with Crippen molar-refractivity contribution in [3.63, 3.8) is 0 Å². The number of carbonyl (C=O) groups is 1. The summed E-state index contributed by atoms with van der Waals surface area (Å²) in [5.74, 6) is 0.0204. The van der Waals surface area contributed by atoms with Crippen molar-refractivity contribution in [2.75, 3.05) is 0 Å². The predicted molar refractivity (Wildman–Crippen MR) is 79.5 cm³/mol. The summed E-state index contributed by atoms with van der Waals surface area (Å²) >= 11 is 6.12. The molecule has 0 unspecified atom stereocenters. The Balaban J connectivity index is 2.32. The Morgan fingerprint density at radius 2 is 1.60 bits per heavy atom. The van der Waals surface area contributed by atoms with E-state index in [4.69, 9.17) is 11.6 Å². The van der Waals surface area contributed by atoms with Gasteiger partial charge in [-0.1, -0.05) is 54.1 Å². The number of fused-ring (bicyclic) bond motifs is 2. The van der Waals surface area contributed by atoms with Crippen molar-refractivity contribution < 1.29 is 9.90 Å². The molecule has 3 aromatic rings. The molecule has 2 nitrogen and oxygen atoms in total. The second-order valence-corrected chi connectivity index (χ2v) is 5.27. The molecule has 0 saturated carbocycles. The average molecular weight is 281 g/mol. The second-order valence-electron chi connectivity index (χ2n) is 4.86. The first-order valence-corrected chi connectivity index (χ1v) is 6.64. The number of halogens is 1. The van der Waals surface area contributed by atoms with E-state index in [2.05, 4.69) is 0 Å². The van der Waals surface area contributed by atoms with Gasteiger partial charge in [-0.25, -0.2) is 0 Å². The molecule has 0 radical (unpaired) electrons.